The first-order chi connectivity index (χ1) is 7.93. The second-order valence-corrected chi connectivity index (χ2v) is 4.07. The summed E-state index contributed by atoms with van der Waals surface area (Å²) in [6.07, 6.45) is 4.02. The van der Waals surface area contributed by atoms with E-state index in [9.17, 15) is 0 Å². The molecular formula is C11H14N4O. The van der Waals surface area contributed by atoms with E-state index in [1.165, 1.54) is 0 Å². The molecule has 5 nitrogen and oxygen atoms in total. The van der Waals surface area contributed by atoms with Crippen molar-refractivity contribution in [1.82, 2.24) is 20.4 Å². The van der Waals surface area contributed by atoms with E-state index in [2.05, 4.69) is 20.4 Å². The van der Waals surface area contributed by atoms with E-state index in [-0.39, 0.29) is 0 Å². The predicted molar refractivity (Wildman–Crippen MR) is 58.9 cm³/mol. The van der Waals surface area contributed by atoms with Gasteiger partial charge in [-0.05, 0) is 38.1 Å². The van der Waals surface area contributed by atoms with Crippen molar-refractivity contribution in [2.75, 3.05) is 13.1 Å². The summed E-state index contributed by atoms with van der Waals surface area (Å²) in [5.41, 5.74) is 0.882. The van der Waals surface area contributed by atoms with Crippen LogP contribution in [0.5, 0.6) is 0 Å². The van der Waals surface area contributed by atoms with Crippen LogP contribution in [-0.2, 0) is 0 Å². The van der Waals surface area contributed by atoms with Gasteiger partial charge in [0.05, 0.1) is 0 Å². The SMILES string of the molecule is c1c[nH]c(-c2nc(C3CCNCC3)no2)c1. The van der Waals surface area contributed by atoms with Gasteiger partial charge < -0.3 is 14.8 Å². The fourth-order valence-corrected chi connectivity index (χ4v) is 2.05. The quantitative estimate of drug-likeness (QED) is 0.802. The van der Waals surface area contributed by atoms with E-state index >= 15 is 0 Å². The van der Waals surface area contributed by atoms with Crippen LogP contribution in [0.25, 0.3) is 11.6 Å². The number of aromatic amines is 1. The van der Waals surface area contributed by atoms with Crippen LogP contribution in [0.15, 0.2) is 22.9 Å². The molecule has 2 aromatic heterocycles. The van der Waals surface area contributed by atoms with E-state index in [1.807, 2.05) is 18.3 Å². The zero-order chi connectivity index (χ0) is 10.8. The highest BCUT2D eigenvalue weighted by atomic mass is 16.5. The minimum absolute atomic E-state index is 0.439. The van der Waals surface area contributed by atoms with Crippen LogP contribution >= 0.6 is 0 Å². The van der Waals surface area contributed by atoms with Crippen molar-refractivity contribution >= 4 is 0 Å². The van der Waals surface area contributed by atoms with Crippen molar-refractivity contribution in [3.8, 4) is 11.6 Å². The van der Waals surface area contributed by atoms with E-state index in [0.29, 0.717) is 11.8 Å². The van der Waals surface area contributed by atoms with Crippen molar-refractivity contribution in [3.63, 3.8) is 0 Å². The molecule has 1 fully saturated rings. The van der Waals surface area contributed by atoms with Gasteiger partial charge in [0.25, 0.3) is 5.89 Å². The minimum Gasteiger partial charge on any atom is -0.357 e. The van der Waals surface area contributed by atoms with Crippen LogP contribution < -0.4 is 5.32 Å². The molecule has 5 heteroatoms. The number of piperidine rings is 1. The third-order valence-corrected chi connectivity index (χ3v) is 2.97. The topological polar surface area (TPSA) is 66.7 Å². The fourth-order valence-electron chi connectivity index (χ4n) is 2.05. The molecule has 0 bridgehead atoms. The van der Waals surface area contributed by atoms with Crippen LogP contribution in [0.2, 0.25) is 0 Å². The Labute approximate surface area is 93.3 Å². The van der Waals surface area contributed by atoms with Gasteiger partial charge in [-0.3, -0.25) is 0 Å². The van der Waals surface area contributed by atoms with Crippen molar-refractivity contribution in [1.29, 1.82) is 0 Å². The molecule has 1 aliphatic rings. The molecule has 0 unspecified atom stereocenters. The maximum absolute atomic E-state index is 5.25. The van der Waals surface area contributed by atoms with Gasteiger partial charge in [0.2, 0.25) is 0 Å². The summed E-state index contributed by atoms with van der Waals surface area (Å²) in [5, 5.41) is 7.39. The first-order valence-corrected chi connectivity index (χ1v) is 5.61. The van der Waals surface area contributed by atoms with Crippen LogP contribution in [-0.4, -0.2) is 28.2 Å². The Hall–Kier alpha value is -1.62. The molecular weight excluding hydrogens is 204 g/mol. The first kappa shape index (κ1) is 9.59. The van der Waals surface area contributed by atoms with Crippen molar-refractivity contribution < 1.29 is 4.52 Å². The van der Waals surface area contributed by atoms with Crippen LogP contribution in [0.1, 0.15) is 24.6 Å². The van der Waals surface area contributed by atoms with Crippen molar-refractivity contribution in [2.45, 2.75) is 18.8 Å². The molecule has 0 saturated carbocycles. The van der Waals surface area contributed by atoms with Gasteiger partial charge in [0.1, 0.15) is 5.69 Å². The zero-order valence-electron chi connectivity index (χ0n) is 8.94. The average molecular weight is 218 g/mol. The summed E-state index contributed by atoms with van der Waals surface area (Å²) >= 11 is 0. The average Bonchev–Trinajstić information content (AvgIpc) is 3.01. The highest BCUT2D eigenvalue weighted by Gasteiger charge is 2.21. The molecule has 1 aliphatic heterocycles. The predicted octanol–water partition coefficient (Wildman–Crippen LogP) is 1.53. The van der Waals surface area contributed by atoms with Crippen LogP contribution in [0.4, 0.5) is 0 Å². The molecule has 1 saturated heterocycles. The normalized spacial score (nSPS) is 17.8. The summed E-state index contributed by atoms with van der Waals surface area (Å²) < 4.78 is 5.25. The number of aromatic nitrogens is 3. The lowest BCUT2D eigenvalue weighted by molar-refractivity contribution is 0.391. The monoisotopic (exact) mass is 218 g/mol. The van der Waals surface area contributed by atoms with E-state index in [0.717, 1.165) is 37.4 Å². The van der Waals surface area contributed by atoms with Crippen LogP contribution in [0, 0.1) is 0 Å². The van der Waals surface area contributed by atoms with Crippen LogP contribution in [0.3, 0.4) is 0 Å². The summed E-state index contributed by atoms with van der Waals surface area (Å²) in [6, 6.07) is 3.85. The molecule has 3 rings (SSSR count). The lowest BCUT2D eigenvalue weighted by Gasteiger charge is -2.18. The van der Waals surface area contributed by atoms with Gasteiger partial charge in [-0.25, -0.2) is 0 Å². The molecule has 84 valence electrons. The maximum Gasteiger partial charge on any atom is 0.274 e. The largest absolute Gasteiger partial charge is 0.357 e. The van der Waals surface area contributed by atoms with E-state index in [1.54, 1.807) is 0 Å². The summed E-state index contributed by atoms with van der Waals surface area (Å²) in [5.74, 6) is 1.86. The number of hydrogen-bond acceptors (Lipinski definition) is 4. The van der Waals surface area contributed by atoms with E-state index in [4.69, 9.17) is 4.52 Å². The molecule has 2 aromatic rings. The standard InChI is InChI=1S/C11H14N4O/c1-2-9(13-5-1)11-14-10(15-16-11)8-3-6-12-7-4-8/h1-2,5,8,12-13H,3-4,6-7H2. The molecule has 3 heterocycles. The van der Waals surface area contributed by atoms with Gasteiger partial charge in [-0.1, -0.05) is 5.16 Å². The minimum atomic E-state index is 0.439. The number of nitrogens with zero attached hydrogens (tertiary/aromatic N) is 2. The molecule has 0 amide bonds. The summed E-state index contributed by atoms with van der Waals surface area (Å²) in [4.78, 5) is 7.50. The van der Waals surface area contributed by atoms with Gasteiger partial charge in [0, 0.05) is 12.1 Å². The Kier molecular flexibility index (Phi) is 2.46. The Bertz CT molecular complexity index is 442. The Morgan fingerprint density at radius 3 is 2.94 bits per heavy atom. The number of nitrogens with one attached hydrogen (secondary N) is 2. The molecule has 0 atom stereocenters. The van der Waals surface area contributed by atoms with Gasteiger partial charge >= 0.3 is 0 Å². The smallest absolute Gasteiger partial charge is 0.274 e. The third-order valence-electron chi connectivity index (χ3n) is 2.97. The zero-order valence-corrected chi connectivity index (χ0v) is 8.94. The Morgan fingerprint density at radius 2 is 2.19 bits per heavy atom. The first-order valence-electron chi connectivity index (χ1n) is 5.61. The highest BCUT2D eigenvalue weighted by Crippen LogP contribution is 2.24. The third kappa shape index (κ3) is 1.74. The van der Waals surface area contributed by atoms with Gasteiger partial charge in [-0.2, -0.15) is 4.98 Å². The molecule has 0 aromatic carbocycles. The van der Waals surface area contributed by atoms with Crippen molar-refractivity contribution in [3.05, 3.63) is 24.2 Å². The Balaban J connectivity index is 1.82. The molecule has 2 N–H and O–H groups in total. The van der Waals surface area contributed by atoms with E-state index < -0.39 is 0 Å². The lowest BCUT2D eigenvalue weighted by atomic mass is 9.98. The number of H-pyrrole nitrogens is 1. The maximum atomic E-state index is 5.25. The molecule has 0 spiro atoms. The van der Waals surface area contributed by atoms with Crippen molar-refractivity contribution in [2.24, 2.45) is 0 Å². The summed E-state index contributed by atoms with van der Waals surface area (Å²) in [6.45, 7) is 2.08. The Morgan fingerprint density at radius 1 is 1.31 bits per heavy atom. The second kappa shape index (κ2) is 4.09. The number of hydrogen-bond donors (Lipinski definition) is 2. The number of rotatable bonds is 2. The lowest BCUT2D eigenvalue weighted by Crippen LogP contribution is -2.27. The highest BCUT2D eigenvalue weighted by molar-refractivity contribution is 5.46. The molecule has 0 radical (unpaired) electrons. The second-order valence-electron chi connectivity index (χ2n) is 4.07. The van der Waals surface area contributed by atoms with Gasteiger partial charge in [-0.15, -0.1) is 0 Å². The molecule has 0 aliphatic carbocycles. The van der Waals surface area contributed by atoms with Gasteiger partial charge in [0.15, 0.2) is 5.82 Å². The summed E-state index contributed by atoms with van der Waals surface area (Å²) in [7, 11) is 0. The fraction of sp³-hybridized carbons (Fsp3) is 0.455. The molecule has 16 heavy (non-hydrogen) atoms.